The van der Waals surface area contributed by atoms with E-state index in [-0.39, 0.29) is 0 Å². The van der Waals surface area contributed by atoms with Crippen LogP contribution in [0.1, 0.15) is 5.69 Å². The van der Waals surface area contributed by atoms with Crippen molar-refractivity contribution in [2.24, 2.45) is 4.99 Å². The van der Waals surface area contributed by atoms with Gasteiger partial charge in [-0.25, -0.2) is 4.99 Å². The number of nitrogens with one attached hydrogen (secondary N) is 1. The summed E-state index contributed by atoms with van der Waals surface area (Å²) in [6, 6.07) is 60.0. The van der Waals surface area contributed by atoms with E-state index in [2.05, 4.69) is 174 Å². The molecule has 2 heterocycles. The van der Waals surface area contributed by atoms with Gasteiger partial charge in [-0.3, -0.25) is 0 Å². The van der Waals surface area contributed by atoms with Crippen molar-refractivity contribution in [3.8, 4) is 61.3 Å². The van der Waals surface area contributed by atoms with Crippen LogP contribution < -0.4 is 5.32 Å². The number of aliphatic imine (C=N–C) groups is 1. The summed E-state index contributed by atoms with van der Waals surface area (Å²) in [5, 5.41) is 9.66. The van der Waals surface area contributed by atoms with Gasteiger partial charge in [0.2, 0.25) is 0 Å². The molecular formula is C48H31N3. The number of benzene rings is 8. The highest BCUT2D eigenvalue weighted by Gasteiger charge is 2.31. The van der Waals surface area contributed by atoms with Crippen LogP contribution in [-0.2, 0) is 6.54 Å². The summed E-state index contributed by atoms with van der Waals surface area (Å²) in [4.78, 5) is 4.72. The van der Waals surface area contributed by atoms with Gasteiger partial charge in [0, 0.05) is 11.1 Å². The fourth-order valence-electron chi connectivity index (χ4n) is 8.78. The maximum absolute atomic E-state index is 4.72. The summed E-state index contributed by atoms with van der Waals surface area (Å²) in [6.07, 6.45) is 1.81. The topological polar surface area (TPSA) is 29.3 Å². The van der Waals surface area contributed by atoms with Gasteiger partial charge >= 0.3 is 0 Å². The van der Waals surface area contributed by atoms with Crippen LogP contribution in [0.25, 0.3) is 93.8 Å². The van der Waals surface area contributed by atoms with E-state index >= 15 is 0 Å². The van der Waals surface area contributed by atoms with Crippen LogP contribution in [0.5, 0.6) is 0 Å². The van der Waals surface area contributed by atoms with Crippen LogP contribution in [0, 0.1) is 0 Å². The molecule has 1 aliphatic heterocycles. The lowest BCUT2D eigenvalue weighted by Gasteiger charge is -2.20. The van der Waals surface area contributed by atoms with Gasteiger partial charge in [-0.15, -0.1) is 0 Å². The summed E-state index contributed by atoms with van der Waals surface area (Å²) in [5.41, 5.74) is 17.3. The standard InChI is InChI=1S/C48H31N3/c1-3-12-31(13-4-1)43-36-16-7-8-17-37(36)44(32-14-5-2-6-15-32)47-40-27-26-34(35-19-11-20-39(45(35)40)46(43)47)30-22-24-33(25-23-30)51-41-21-10-9-18-38(41)48-42(51)28-49-29-50-48/h1-27,29H,28H2,(H,49,50). The first-order chi connectivity index (χ1) is 25.3. The first-order valence-electron chi connectivity index (χ1n) is 17.6. The fraction of sp³-hybridized carbons (Fsp3) is 0.0208. The SMILES string of the molecule is C1=Nc2c(n(-c3ccc(-c4ccc5c6c(cccc46)-c4c-5c(-c5ccccc5)c5ccccc5c4-c4ccccc4)cc3)c3ccccc23)CN1. The molecule has 3 nitrogen and oxygen atoms in total. The molecule has 0 spiro atoms. The number of fused-ring (bicyclic) bond motifs is 7. The second-order valence-electron chi connectivity index (χ2n) is 13.5. The van der Waals surface area contributed by atoms with Gasteiger partial charge in [0.25, 0.3) is 0 Å². The molecule has 0 saturated heterocycles. The highest BCUT2D eigenvalue weighted by atomic mass is 15.1. The third-order valence-electron chi connectivity index (χ3n) is 10.9. The van der Waals surface area contributed by atoms with Crippen molar-refractivity contribution in [2.45, 2.75) is 6.54 Å². The molecule has 0 bridgehead atoms. The van der Waals surface area contributed by atoms with Crippen molar-refractivity contribution >= 4 is 44.5 Å². The largest absolute Gasteiger partial charge is 0.370 e. The molecule has 0 unspecified atom stereocenters. The van der Waals surface area contributed by atoms with Crippen LogP contribution >= 0.6 is 0 Å². The van der Waals surface area contributed by atoms with E-state index < -0.39 is 0 Å². The summed E-state index contributed by atoms with van der Waals surface area (Å²) >= 11 is 0. The number of hydrogen-bond acceptors (Lipinski definition) is 2. The van der Waals surface area contributed by atoms with Crippen LogP contribution in [0.3, 0.4) is 0 Å². The van der Waals surface area contributed by atoms with Crippen molar-refractivity contribution in [2.75, 3.05) is 0 Å². The maximum Gasteiger partial charge on any atom is 0.0957 e. The lowest BCUT2D eigenvalue weighted by atomic mass is 9.82. The van der Waals surface area contributed by atoms with Crippen molar-refractivity contribution in [3.05, 3.63) is 169 Å². The molecule has 1 aliphatic carbocycles. The molecular weight excluding hydrogens is 619 g/mol. The van der Waals surface area contributed by atoms with Crippen LogP contribution in [-0.4, -0.2) is 10.9 Å². The van der Waals surface area contributed by atoms with E-state index in [1.54, 1.807) is 0 Å². The second kappa shape index (κ2) is 10.9. The predicted octanol–water partition coefficient (Wildman–Crippen LogP) is 12.3. The molecule has 51 heavy (non-hydrogen) atoms. The number of hydrogen-bond donors (Lipinski definition) is 1. The molecule has 0 fully saturated rings. The van der Waals surface area contributed by atoms with Gasteiger partial charge in [-0.2, -0.15) is 0 Å². The van der Waals surface area contributed by atoms with Crippen molar-refractivity contribution in [3.63, 3.8) is 0 Å². The molecule has 1 N–H and O–H groups in total. The highest BCUT2D eigenvalue weighted by Crippen LogP contribution is 2.58. The number of nitrogens with zero attached hydrogens (tertiary/aromatic N) is 2. The lowest BCUT2D eigenvalue weighted by Crippen LogP contribution is -2.16. The van der Waals surface area contributed by atoms with E-state index in [0.717, 1.165) is 17.9 Å². The van der Waals surface area contributed by atoms with Crippen molar-refractivity contribution < 1.29 is 0 Å². The minimum atomic E-state index is 0.746. The Hall–Kier alpha value is -6.71. The first kappa shape index (κ1) is 28.2. The minimum absolute atomic E-state index is 0.746. The Kier molecular flexibility index (Phi) is 6.02. The summed E-state index contributed by atoms with van der Waals surface area (Å²) in [6.45, 7) is 0.746. The summed E-state index contributed by atoms with van der Waals surface area (Å²) in [7, 11) is 0. The van der Waals surface area contributed by atoms with E-state index in [0.29, 0.717) is 0 Å². The van der Waals surface area contributed by atoms with Crippen LogP contribution in [0.15, 0.2) is 169 Å². The van der Waals surface area contributed by atoms with E-state index in [1.807, 2.05) is 6.34 Å². The Morgan fingerprint density at radius 3 is 1.69 bits per heavy atom. The van der Waals surface area contributed by atoms with E-state index in [1.165, 1.54) is 93.8 Å². The third-order valence-corrected chi connectivity index (χ3v) is 10.9. The monoisotopic (exact) mass is 649 g/mol. The van der Waals surface area contributed by atoms with Gasteiger partial charge in [-0.05, 0) is 95.4 Å². The third kappa shape index (κ3) is 4.03. The molecule has 0 atom stereocenters. The number of para-hydroxylation sites is 1. The van der Waals surface area contributed by atoms with Gasteiger partial charge in [-0.1, -0.05) is 146 Å². The van der Waals surface area contributed by atoms with E-state index in [4.69, 9.17) is 4.99 Å². The average Bonchev–Trinajstić information content (AvgIpc) is 3.72. The molecule has 8 aromatic carbocycles. The molecule has 1 aromatic heterocycles. The molecule has 0 radical (unpaired) electrons. The first-order valence-corrected chi connectivity index (χ1v) is 17.6. The normalized spacial score (nSPS) is 12.7. The average molecular weight is 650 g/mol. The Bertz CT molecular complexity index is 2790. The van der Waals surface area contributed by atoms with Crippen LogP contribution in [0.2, 0.25) is 0 Å². The van der Waals surface area contributed by atoms with Crippen molar-refractivity contribution in [1.29, 1.82) is 0 Å². The lowest BCUT2D eigenvalue weighted by molar-refractivity contribution is 0.842. The van der Waals surface area contributed by atoms with Gasteiger partial charge in [0.1, 0.15) is 0 Å². The minimum Gasteiger partial charge on any atom is -0.370 e. The predicted molar refractivity (Wildman–Crippen MR) is 214 cm³/mol. The second-order valence-corrected chi connectivity index (χ2v) is 13.5. The maximum atomic E-state index is 4.72. The van der Waals surface area contributed by atoms with Crippen molar-refractivity contribution in [1.82, 2.24) is 9.88 Å². The molecule has 9 aromatic rings. The quantitative estimate of drug-likeness (QED) is 0.202. The zero-order valence-corrected chi connectivity index (χ0v) is 27.8. The molecule has 0 amide bonds. The van der Waals surface area contributed by atoms with Gasteiger partial charge in [0.15, 0.2) is 0 Å². The van der Waals surface area contributed by atoms with Crippen LogP contribution in [0.4, 0.5) is 5.69 Å². The molecule has 11 rings (SSSR count). The Morgan fingerprint density at radius 1 is 0.431 bits per heavy atom. The number of aromatic nitrogens is 1. The highest BCUT2D eigenvalue weighted by molar-refractivity contribution is 6.28. The molecule has 2 aliphatic rings. The molecule has 238 valence electrons. The molecule has 3 heteroatoms. The zero-order chi connectivity index (χ0) is 33.5. The Morgan fingerprint density at radius 2 is 1.00 bits per heavy atom. The van der Waals surface area contributed by atoms with Gasteiger partial charge in [0.05, 0.1) is 29.8 Å². The molecule has 0 saturated carbocycles. The van der Waals surface area contributed by atoms with Gasteiger partial charge < -0.3 is 9.88 Å². The zero-order valence-electron chi connectivity index (χ0n) is 27.8. The number of rotatable bonds is 4. The summed E-state index contributed by atoms with van der Waals surface area (Å²) in [5.74, 6) is 0. The smallest absolute Gasteiger partial charge is 0.0957 e. The van der Waals surface area contributed by atoms with E-state index in [9.17, 15) is 0 Å². The Labute approximate surface area is 295 Å². The Balaban J connectivity index is 1.15. The fourth-order valence-corrected chi connectivity index (χ4v) is 8.78. The summed E-state index contributed by atoms with van der Waals surface area (Å²) < 4.78 is 2.35.